The van der Waals surface area contributed by atoms with Gasteiger partial charge in [0.1, 0.15) is 6.10 Å². The number of hydrogen-bond acceptors (Lipinski definition) is 5. The van der Waals surface area contributed by atoms with E-state index in [4.69, 9.17) is 0 Å². The molecule has 2 amide bonds. The van der Waals surface area contributed by atoms with Crippen molar-refractivity contribution >= 4 is 11.8 Å². The van der Waals surface area contributed by atoms with Crippen molar-refractivity contribution in [3.8, 4) is 0 Å². The highest BCUT2D eigenvalue weighted by Gasteiger charge is 2.41. The lowest BCUT2D eigenvalue weighted by atomic mass is 9.81. The van der Waals surface area contributed by atoms with Crippen molar-refractivity contribution in [2.45, 2.75) is 154 Å². The first kappa shape index (κ1) is 33.3. The molecule has 7 heteroatoms. The summed E-state index contributed by atoms with van der Waals surface area (Å²) in [7, 11) is 0. The zero-order valence-corrected chi connectivity index (χ0v) is 26.0. The Labute approximate surface area is 243 Å². The standard InChI is InChI=1S/C33H60N2O5/c1-23(2)17-29(36)31(38)28(19-24-11-7-5-8-12-24)35(22-33(3,4)40)32(39)27(18-25-15-16-25)20-30(37)34-21-26-13-9-6-10-14-26/h23-29,31,36,38,40H,5-22H2,1-4H3,(H,34,37)/t27-,28+,29+,31-/m1/s1. The Morgan fingerprint density at radius 1 is 0.850 bits per heavy atom. The van der Waals surface area contributed by atoms with E-state index in [0.717, 1.165) is 51.4 Å². The molecule has 0 aromatic heterocycles. The molecule has 0 aromatic carbocycles. The van der Waals surface area contributed by atoms with E-state index in [1.54, 1.807) is 18.7 Å². The second kappa shape index (κ2) is 15.9. The Hall–Kier alpha value is -1.18. The number of carbonyl (C=O) groups excluding carboxylic acids is 2. The Bertz CT molecular complexity index is 765. The topological polar surface area (TPSA) is 110 Å². The summed E-state index contributed by atoms with van der Waals surface area (Å²) in [5, 5.41) is 36.6. The highest BCUT2D eigenvalue weighted by atomic mass is 16.3. The van der Waals surface area contributed by atoms with Crippen LogP contribution in [0.5, 0.6) is 0 Å². The SMILES string of the molecule is CC(C)C[C@H](O)[C@H](O)[C@H](CC1CCCCC1)N(CC(C)(C)O)C(=O)[C@@H](CC(=O)NCC1CCCCC1)CC1CC1. The van der Waals surface area contributed by atoms with Crippen LogP contribution in [0, 0.1) is 29.6 Å². The molecule has 232 valence electrons. The van der Waals surface area contributed by atoms with Gasteiger partial charge in [-0.1, -0.05) is 78.1 Å². The van der Waals surface area contributed by atoms with Gasteiger partial charge in [0.05, 0.1) is 17.7 Å². The minimum absolute atomic E-state index is 0.0690. The molecular formula is C33H60N2O5. The van der Waals surface area contributed by atoms with Gasteiger partial charge in [0, 0.05) is 25.4 Å². The monoisotopic (exact) mass is 564 g/mol. The van der Waals surface area contributed by atoms with E-state index < -0.39 is 29.8 Å². The first-order valence-electron chi connectivity index (χ1n) is 16.6. The van der Waals surface area contributed by atoms with E-state index in [2.05, 4.69) is 5.32 Å². The summed E-state index contributed by atoms with van der Waals surface area (Å²) in [6.07, 6.45) is 13.6. The number of hydrogen-bond donors (Lipinski definition) is 4. The van der Waals surface area contributed by atoms with Crippen LogP contribution in [0.3, 0.4) is 0 Å². The Morgan fingerprint density at radius 3 is 1.93 bits per heavy atom. The highest BCUT2D eigenvalue weighted by Crippen LogP contribution is 2.38. The van der Waals surface area contributed by atoms with Crippen molar-refractivity contribution < 1.29 is 24.9 Å². The van der Waals surface area contributed by atoms with Crippen LogP contribution in [-0.4, -0.2) is 69.0 Å². The zero-order chi connectivity index (χ0) is 29.3. The van der Waals surface area contributed by atoms with Crippen molar-refractivity contribution in [2.24, 2.45) is 29.6 Å². The fraction of sp³-hybridized carbons (Fsp3) is 0.939. The van der Waals surface area contributed by atoms with Crippen LogP contribution < -0.4 is 5.32 Å². The molecule has 3 rings (SSSR count). The van der Waals surface area contributed by atoms with Gasteiger partial charge >= 0.3 is 0 Å². The third-order valence-electron chi connectivity index (χ3n) is 9.45. The number of nitrogens with one attached hydrogen (secondary N) is 1. The lowest BCUT2D eigenvalue weighted by molar-refractivity contribution is -0.151. The van der Waals surface area contributed by atoms with Crippen molar-refractivity contribution in [1.82, 2.24) is 10.2 Å². The maximum Gasteiger partial charge on any atom is 0.226 e. The number of aliphatic hydroxyl groups is 3. The molecule has 3 aliphatic rings. The number of aliphatic hydroxyl groups excluding tert-OH is 2. The quantitative estimate of drug-likeness (QED) is 0.206. The third kappa shape index (κ3) is 11.6. The smallest absolute Gasteiger partial charge is 0.226 e. The van der Waals surface area contributed by atoms with Crippen LogP contribution in [0.25, 0.3) is 0 Å². The second-order valence-electron chi connectivity index (χ2n) is 14.7. The van der Waals surface area contributed by atoms with Crippen LogP contribution >= 0.6 is 0 Å². The summed E-state index contributed by atoms with van der Waals surface area (Å²) >= 11 is 0. The van der Waals surface area contributed by atoms with Gasteiger partial charge in [-0.15, -0.1) is 0 Å². The molecule has 0 bridgehead atoms. The Kier molecular flexibility index (Phi) is 13.2. The molecule has 0 saturated heterocycles. The number of amides is 2. The lowest BCUT2D eigenvalue weighted by Gasteiger charge is -2.43. The molecule has 0 aliphatic heterocycles. The maximum absolute atomic E-state index is 14.4. The first-order valence-corrected chi connectivity index (χ1v) is 16.6. The summed E-state index contributed by atoms with van der Waals surface area (Å²) < 4.78 is 0. The summed E-state index contributed by atoms with van der Waals surface area (Å²) in [5.41, 5.74) is -1.17. The molecule has 3 fully saturated rings. The lowest BCUT2D eigenvalue weighted by Crippen LogP contribution is -2.57. The molecule has 3 aliphatic carbocycles. The van der Waals surface area contributed by atoms with Gasteiger partial charge in [0.25, 0.3) is 0 Å². The average Bonchev–Trinajstić information content (AvgIpc) is 3.72. The van der Waals surface area contributed by atoms with Crippen molar-refractivity contribution in [3.05, 3.63) is 0 Å². The average molecular weight is 565 g/mol. The normalized spacial score (nSPS) is 22.5. The predicted molar refractivity (Wildman–Crippen MR) is 159 cm³/mol. The molecule has 0 spiro atoms. The Morgan fingerprint density at radius 2 is 1.40 bits per heavy atom. The van der Waals surface area contributed by atoms with Gasteiger partial charge < -0.3 is 25.5 Å². The molecule has 40 heavy (non-hydrogen) atoms. The third-order valence-corrected chi connectivity index (χ3v) is 9.45. The van der Waals surface area contributed by atoms with Crippen LogP contribution in [0.4, 0.5) is 0 Å². The minimum Gasteiger partial charge on any atom is -0.390 e. The van der Waals surface area contributed by atoms with Gasteiger partial charge in [-0.25, -0.2) is 0 Å². The molecule has 7 nitrogen and oxygen atoms in total. The van der Waals surface area contributed by atoms with E-state index in [0.29, 0.717) is 43.6 Å². The Balaban J connectivity index is 1.81. The maximum atomic E-state index is 14.4. The van der Waals surface area contributed by atoms with Crippen LogP contribution in [0.15, 0.2) is 0 Å². The van der Waals surface area contributed by atoms with Crippen LogP contribution in [0.2, 0.25) is 0 Å². The zero-order valence-electron chi connectivity index (χ0n) is 26.0. The summed E-state index contributed by atoms with van der Waals surface area (Å²) in [6, 6.07) is -0.595. The van der Waals surface area contributed by atoms with E-state index in [1.807, 2.05) is 13.8 Å². The molecule has 3 saturated carbocycles. The van der Waals surface area contributed by atoms with Gasteiger partial charge in [0.15, 0.2) is 0 Å². The molecular weight excluding hydrogens is 504 g/mol. The molecule has 0 radical (unpaired) electrons. The van der Waals surface area contributed by atoms with Crippen molar-refractivity contribution in [2.75, 3.05) is 13.1 Å². The molecule has 0 aromatic rings. The van der Waals surface area contributed by atoms with Gasteiger partial charge in [-0.05, 0) is 69.6 Å². The fourth-order valence-electron chi connectivity index (χ4n) is 7.08. The molecule has 0 heterocycles. The summed E-state index contributed by atoms with van der Waals surface area (Å²) in [6.45, 7) is 8.16. The van der Waals surface area contributed by atoms with Crippen LogP contribution in [0.1, 0.15) is 130 Å². The van der Waals surface area contributed by atoms with Crippen molar-refractivity contribution in [3.63, 3.8) is 0 Å². The second-order valence-corrected chi connectivity index (χ2v) is 14.7. The van der Waals surface area contributed by atoms with E-state index in [9.17, 15) is 24.9 Å². The van der Waals surface area contributed by atoms with Crippen LogP contribution in [-0.2, 0) is 9.59 Å². The fourth-order valence-corrected chi connectivity index (χ4v) is 7.08. The van der Waals surface area contributed by atoms with E-state index >= 15 is 0 Å². The number of rotatable bonds is 16. The molecule has 0 unspecified atom stereocenters. The number of nitrogens with zero attached hydrogens (tertiary/aromatic N) is 1. The molecule has 4 atom stereocenters. The van der Waals surface area contributed by atoms with Gasteiger partial charge in [0.2, 0.25) is 11.8 Å². The van der Waals surface area contributed by atoms with E-state index in [1.165, 1.54) is 25.7 Å². The molecule has 4 N–H and O–H groups in total. The first-order chi connectivity index (χ1) is 18.9. The van der Waals surface area contributed by atoms with E-state index in [-0.39, 0.29) is 30.7 Å². The number of carbonyl (C=O) groups is 2. The van der Waals surface area contributed by atoms with Gasteiger partial charge in [-0.2, -0.15) is 0 Å². The highest BCUT2D eigenvalue weighted by molar-refractivity contribution is 5.86. The predicted octanol–water partition coefficient (Wildman–Crippen LogP) is 5.20. The minimum atomic E-state index is -1.17. The summed E-state index contributed by atoms with van der Waals surface area (Å²) in [5.74, 6) is 0.850. The summed E-state index contributed by atoms with van der Waals surface area (Å²) in [4.78, 5) is 29.2. The largest absolute Gasteiger partial charge is 0.390 e. The van der Waals surface area contributed by atoms with Gasteiger partial charge in [-0.3, -0.25) is 9.59 Å². The van der Waals surface area contributed by atoms with Crippen molar-refractivity contribution in [1.29, 1.82) is 0 Å².